The van der Waals surface area contributed by atoms with Gasteiger partial charge in [0.1, 0.15) is 0 Å². The van der Waals surface area contributed by atoms with Gasteiger partial charge in [-0.25, -0.2) is 4.79 Å². The lowest BCUT2D eigenvalue weighted by atomic mass is 10.1. The highest BCUT2D eigenvalue weighted by atomic mass is 32.2. The lowest BCUT2D eigenvalue weighted by Crippen LogP contribution is -2.48. The van der Waals surface area contributed by atoms with E-state index < -0.39 is 0 Å². The van der Waals surface area contributed by atoms with E-state index in [1.807, 2.05) is 47.4 Å². The number of benzene rings is 2. The lowest BCUT2D eigenvalue weighted by molar-refractivity contribution is -0.130. The predicted molar refractivity (Wildman–Crippen MR) is 107 cm³/mol. The smallest absolute Gasteiger partial charge is 0.337 e. The number of carbonyl (C=O) groups excluding carboxylic acids is 2. The quantitative estimate of drug-likeness (QED) is 0.566. The van der Waals surface area contributed by atoms with Crippen LogP contribution in [0.2, 0.25) is 0 Å². The van der Waals surface area contributed by atoms with E-state index in [4.69, 9.17) is 4.74 Å². The molecule has 5 nitrogen and oxygen atoms in total. The van der Waals surface area contributed by atoms with Crippen LogP contribution in [-0.2, 0) is 16.1 Å². The minimum atomic E-state index is -0.318. The molecule has 1 saturated heterocycles. The number of amides is 1. The molecule has 0 N–H and O–H groups in total. The number of piperazine rings is 1. The van der Waals surface area contributed by atoms with Crippen molar-refractivity contribution in [3.05, 3.63) is 65.7 Å². The third-order valence-electron chi connectivity index (χ3n) is 4.61. The van der Waals surface area contributed by atoms with Gasteiger partial charge in [0.05, 0.1) is 18.4 Å². The third kappa shape index (κ3) is 5.58. The topological polar surface area (TPSA) is 49.9 Å². The van der Waals surface area contributed by atoms with Crippen molar-refractivity contribution in [2.75, 3.05) is 39.0 Å². The Morgan fingerprint density at radius 3 is 2.26 bits per heavy atom. The fourth-order valence-electron chi connectivity index (χ4n) is 3.03. The van der Waals surface area contributed by atoms with Crippen LogP contribution in [0, 0.1) is 0 Å². The molecule has 3 rings (SSSR count). The van der Waals surface area contributed by atoms with Gasteiger partial charge in [-0.1, -0.05) is 30.3 Å². The average molecular weight is 385 g/mol. The molecule has 2 aromatic carbocycles. The molecule has 142 valence electrons. The molecule has 1 amide bonds. The molecule has 2 aromatic rings. The molecule has 0 atom stereocenters. The van der Waals surface area contributed by atoms with Gasteiger partial charge in [-0.3, -0.25) is 9.69 Å². The lowest BCUT2D eigenvalue weighted by Gasteiger charge is -2.34. The molecule has 0 aliphatic carbocycles. The van der Waals surface area contributed by atoms with E-state index in [-0.39, 0.29) is 11.9 Å². The Kier molecular flexibility index (Phi) is 6.90. The predicted octanol–water partition coefficient (Wildman–Crippen LogP) is 2.91. The minimum absolute atomic E-state index is 0.200. The van der Waals surface area contributed by atoms with Gasteiger partial charge in [0.15, 0.2) is 0 Å². The first-order valence-electron chi connectivity index (χ1n) is 9.01. The summed E-state index contributed by atoms with van der Waals surface area (Å²) in [6, 6.07) is 17.5. The maximum atomic E-state index is 12.4. The summed E-state index contributed by atoms with van der Waals surface area (Å²) in [6.07, 6.45) is 0. The van der Waals surface area contributed by atoms with Crippen LogP contribution in [0.3, 0.4) is 0 Å². The van der Waals surface area contributed by atoms with Crippen molar-refractivity contribution in [3.8, 4) is 0 Å². The minimum Gasteiger partial charge on any atom is -0.465 e. The largest absolute Gasteiger partial charge is 0.465 e. The number of rotatable bonds is 6. The molecule has 0 spiro atoms. The second kappa shape index (κ2) is 9.58. The number of methoxy groups -OCH3 is 1. The highest BCUT2D eigenvalue weighted by molar-refractivity contribution is 8.00. The second-order valence-electron chi connectivity index (χ2n) is 6.45. The Morgan fingerprint density at radius 1 is 0.963 bits per heavy atom. The zero-order valence-electron chi connectivity index (χ0n) is 15.5. The maximum Gasteiger partial charge on any atom is 0.337 e. The SMILES string of the molecule is COC(=O)c1ccc(CN2CCN(C(=O)CSc3ccccc3)CC2)cc1. The summed E-state index contributed by atoms with van der Waals surface area (Å²) >= 11 is 1.59. The first-order valence-corrected chi connectivity index (χ1v) is 9.99. The average Bonchev–Trinajstić information content (AvgIpc) is 2.73. The number of hydrogen-bond donors (Lipinski definition) is 0. The van der Waals surface area contributed by atoms with Gasteiger partial charge in [0.2, 0.25) is 5.91 Å². The molecule has 1 heterocycles. The van der Waals surface area contributed by atoms with Crippen molar-refractivity contribution in [1.82, 2.24) is 9.80 Å². The van der Waals surface area contributed by atoms with Gasteiger partial charge in [-0.05, 0) is 29.8 Å². The van der Waals surface area contributed by atoms with E-state index in [9.17, 15) is 9.59 Å². The molecule has 0 unspecified atom stereocenters. The van der Waals surface area contributed by atoms with E-state index >= 15 is 0 Å². The molecule has 6 heteroatoms. The van der Waals surface area contributed by atoms with Crippen LogP contribution < -0.4 is 0 Å². The van der Waals surface area contributed by atoms with Gasteiger partial charge in [0, 0.05) is 37.6 Å². The van der Waals surface area contributed by atoms with E-state index in [1.54, 1.807) is 23.9 Å². The van der Waals surface area contributed by atoms with E-state index in [2.05, 4.69) is 4.90 Å². The summed E-state index contributed by atoms with van der Waals surface area (Å²) in [5.74, 6) is 0.368. The molecule has 0 bridgehead atoms. The van der Waals surface area contributed by atoms with Crippen LogP contribution in [0.1, 0.15) is 15.9 Å². The fourth-order valence-corrected chi connectivity index (χ4v) is 3.85. The van der Waals surface area contributed by atoms with Crippen molar-refractivity contribution >= 4 is 23.6 Å². The number of ether oxygens (including phenoxy) is 1. The van der Waals surface area contributed by atoms with Crippen molar-refractivity contribution in [1.29, 1.82) is 0 Å². The third-order valence-corrected chi connectivity index (χ3v) is 5.61. The monoisotopic (exact) mass is 384 g/mol. The summed E-state index contributed by atoms with van der Waals surface area (Å²) < 4.78 is 4.72. The molecule has 0 aromatic heterocycles. The van der Waals surface area contributed by atoms with Gasteiger partial charge in [-0.2, -0.15) is 0 Å². The van der Waals surface area contributed by atoms with Crippen molar-refractivity contribution in [2.45, 2.75) is 11.4 Å². The second-order valence-corrected chi connectivity index (χ2v) is 7.50. The van der Waals surface area contributed by atoms with Gasteiger partial charge in [0.25, 0.3) is 0 Å². The molecule has 1 fully saturated rings. The highest BCUT2D eigenvalue weighted by Crippen LogP contribution is 2.18. The molecule has 1 aliphatic heterocycles. The molecule has 1 aliphatic rings. The first kappa shape index (κ1) is 19.5. The zero-order valence-corrected chi connectivity index (χ0v) is 16.3. The van der Waals surface area contributed by atoms with Crippen molar-refractivity contribution in [2.24, 2.45) is 0 Å². The normalized spacial score (nSPS) is 14.8. The van der Waals surface area contributed by atoms with Crippen LogP contribution in [0.15, 0.2) is 59.5 Å². The Bertz CT molecular complexity index is 757. The maximum absolute atomic E-state index is 12.4. The van der Waals surface area contributed by atoms with Gasteiger partial charge >= 0.3 is 5.97 Å². The number of nitrogens with zero attached hydrogens (tertiary/aromatic N) is 2. The van der Waals surface area contributed by atoms with E-state index in [1.165, 1.54) is 7.11 Å². The van der Waals surface area contributed by atoms with E-state index in [0.717, 1.165) is 43.2 Å². The van der Waals surface area contributed by atoms with Gasteiger partial charge in [-0.15, -0.1) is 11.8 Å². The molecular formula is C21H24N2O3S. The van der Waals surface area contributed by atoms with Crippen LogP contribution in [0.4, 0.5) is 0 Å². The van der Waals surface area contributed by atoms with E-state index in [0.29, 0.717) is 11.3 Å². The Hall–Kier alpha value is -2.31. The Balaban J connectivity index is 1.43. The standard InChI is InChI=1S/C21H24N2O3S/c1-26-21(25)18-9-7-17(8-10-18)15-22-11-13-23(14-12-22)20(24)16-27-19-5-3-2-4-6-19/h2-10H,11-16H2,1H3. The summed E-state index contributed by atoms with van der Waals surface area (Å²) in [5, 5.41) is 0. The summed E-state index contributed by atoms with van der Waals surface area (Å²) in [5.41, 5.74) is 1.72. The number of esters is 1. The number of hydrogen-bond acceptors (Lipinski definition) is 5. The van der Waals surface area contributed by atoms with Crippen LogP contribution in [-0.4, -0.2) is 60.7 Å². The molecular weight excluding hydrogens is 360 g/mol. The summed E-state index contributed by atoms with van der Waals surface area (Å²) in [7, 11) is 1.38. The molecule has 27 heavy (non-hydrogen) atoms. The first-order chi connectivity index (χ1) is 13.2. The molecule has 0 saturated carbocycles. The fraction of sp³-hybridized carbons (Fsp3) is 0.333. The number of thioether (sulfide) groups is 1. The van der Waals surface area contributed by atoms with Crippen LogP contribution in [0.25, 0.3) is 0 Å². The molecule has 0 radical (unpaired) electrons. The van der Waals surface area contributed by atoms with Crippen molar-refractivity contribution < 1.29 is 14.3 Å². The number of carbonyl (C=O) groups is 2. The van der Waals surface area contributed by atoms with Crippen LogP contribution in [0.5, 0.6) is 0 Å². The summed E-state index contributed by atoms with van der Waals surface area (Å²) in [4.78, 5) is 29.3. The Morgan fingerprint density at radius 2 is 1.63 bits per heavy atom. The van der Waals surface area contributed by atoms with Gasteiger partial charge < -0.3 is 9.64 Å². The van der Waals surface area contributed by atoms with Crippen LogP contribution >= 0.6 is 11.8 Å². The van der Waals surface area contributed by atoms with Crippen molar-refractivity contribution in [3.63, 3.8) is 0 Å². The highest BCUT2D eigenvalue weighted by Gasteiger charge is 2.21. The zero-order chi connectivity index (χ0) is 19.1. The summed E-state index contributed by atoms with van der Waals surface area (Å²) in [6.45, 7) is 4.06. The Labute approximate surface area is 164 Å².